The van der Waals surface area contributed by atoms with Crippen molar-refractivity contribution in [1.82, 2.24) is 10.2 Å². The molecule has 0 atom stereocenters. The Morgan fingerprint density at radius 2 is 1.95 bits per heavy atom. The number of nitrogens with zero attached hydrogens (tertiary/aromatic N) is 1. The number of nitrogens with one attached hydrogen (secondary N) is 1. The molecule has 2 heterocycles. The third kappa shape index (κ3) is 1.80. The van der Waals surface area contributed by atoms with Crippen LogP contribution in [0.15, 0.2) is 24.3 Å². The molecule has 0 bridgehead atoms. The lowest BCUT2D eigenvalue weighted by molar-refractivity contribution is -0.142. The molecule has 0 unspecified atom stereocenters. The van der Waals surface area contributed by atoms with E-state index in [1.165, 1.54) is 11.1 Å². The topological polar surface area (TPSA) is 32.3 Å². The van der Waals surface area contributed by atoms with Crippen LogP contribution in [0.5, 0.6) is 0 Å². The van der Waals surface area contributed by atoms with E-state index in [0.717, 1.165) is 51.7 Å². The molecular formula is C17H22N2O. The van der Waals surface area contributed by atoms with Gasteiger partial charge in [0.05, 0.1) is 5.54 Å². The third-order valence-corrected chi connectivity index (χ3v) is 5.26. The van der Waals surface area contributed by atoms with Crippen LogP contribution in [0.2, 0.25) is 0 Å². The smallest absolute Gasteiger partial charge is 0.226 e. The zero-order chi connectivity index (χ0) is 13.6. The normalized spacial score (nSPS) is 24.5. The lowest BCUT2D eigenvalue weighted by Gasteiger charge is -2.51. The van der Waals surface area contributed by atoms with Gasteiger partial charge < -0.3 is 10.2 Å². The summed E-state index contributed by atoms with van der Waals surface area (Å²) in [7, 11) is 0. The van der Waals surface area contributed by atoms with Crippen molar-refractivity contribution in [1.29, 1.82) is 0 Å². The molecule has 4 rings (SSSR count). The standard InChI is InChI=1S/C17H22N2O/c20-16(14-5-6-14)19-12-7-13-3-1-2-4-15(13)17(19)8-10-18-11-9-17/h1-4,14,18H,5-12H2. The second-order valence-corrected chi connectivity index (χ2v) is 6.45. The molecule has 0 radical (unpaired) electrons. The fraction of sp³-hybridized carbons (Fsp3) is 0.588. The van der Waals surface area contributed by atoms with Crippen LogP contribution >= 0.6 is 0 Å². The average Bonchev–Trinajstić information content (AvgIpc) is 3.33. The van der Waals surface area contributed by atoms with Crippen LogP contribution in [0.25, 0.3) is 0 Å². The van der Waals surface area contributed by atoms with Crippen LogP contribution < -0.4 is 5.32 Å². The summed E-state index contributed by atoms with van der Waals surface area (Å²) < 4.78 is 0. The van der Waals surface area contributed by atoms with Gasteiger partial charge in [0.1, 0.15) is 0 Å². The van der Waals surface area contributed by atoms with Gasteiger partial charge in [-0.2, -0.15) is 0 Å². The van der Waals surface area contributed by atoms with Gasteiger partial charge in [0, 0.05) is 12.5 Å². The summed E-state index contributed by atoms with van der Waals surface area (Å²) in [5.74, 6) is 0.744. The molecule has 1 saturated heterocycles. The maximum absolute atomic E-state index is 12.7. The number of piperidine rings is 1. The average molecular weight is 270 g/mol. The number of rotatable bonds is 1. The highest BCUT2D eigenvalue weighted by Crippen LogP contribution is 2.45. The maximum Gasteiger partial charge on any atom is 0.226 e. The summed E-state index contributed by atoms with van der Waals surface area (Å²) in [6.45, 7) is 2.94. The zero-order valence-electron chi connectivity index (χ0n) is 11.9. The van der Waals surface area contributed by atoms with Crippen molar-refractivity contribution >= 4 is 5.91 Å². The van der Waals surface area contributed by atoms with E-state index in [-0.39, 0.29) is 5.54 Å². The maximum atomic E-state index is 12.7. The van der Waals surface area contributed by atoms with Gasteiger partial charge in [0.2, 0.25) is 5.91 Å². The van der Waals surface area contributed by atoms with Crippen molar-refractivity contribution in [3.05, 3.63) is 35.4 Å². The fourth-order valence-corrected chi connectivity index (χ4v) is 4.04. The Balaban J connectivity index is 1.78. The van der Waals surface area contributed by atoms with Crippen molar-refractivity contribution in [3.63, 3.8) is 0 Å². The van der Waals surface area contributed by atoms with Gasteiger partial charge >= 0.3 is 0 Å². The Morgan fingerprint density at radius 3 is 2.70 bits per heavy atom. The van der Waals surface area contributed by atoms with Crippen molar-refractivity contribution < 1.29 is 4.79 Å². The number of hydrogen-bond acceptors (Lipinski definition) is 2. The fourth-order valence-electron chi connectivity index (χ4n) is 4.04. The lowest BCUT2D eigenvalue weighted by atomic mass is 9.74. The Labute approximate surface area is 120 Å². The van der Waals surface area contributed by atoms with Crippen molar-refractivity contribution in [2.45, 2.75) is 37.6 Å². The molecule has 1 aromatic carbocycles. The largest absolute Gasteiger partial charge is 0.332 e. The molecule has 106 valence electrons. The monoisotopic (exact) mass is 270 g/mol. The van der Waals surface area contributed by atoms with Gasteiger partial charge in [-0.3, -0.25) is 4.79 Å². The van der Waals surface area contributed by atoms with E-state index < -0.39 is 0 Å². The number of carbonyl (C=O) groups is 1. The quantitative estimate of drug-likeness (QED) is 0.847. The summed E-state index contributed by atoms with van der Waals surface area (Å²) >= 11 is 0. The number of carbonyl (C=O) groups excluding carboxylic acids is 1. The highest BCUT2D eigenvalue weighted by molar-refractivity contribution is 5.82. The highest BCUT2D eigenvalue weighted by Gasteiger charge is 2.48. The van der Waals surface area contributed by atoms with Gasteiger partial charge in [0.15, 0.2) is 0 Å². The first-order chi connectivity index (χ1) is 9.81. The first kappa shape index (κ1) is 12.4. The van der Waals surface area contributed by atoms with Crippen LogP contribution in [-0.2, 0) is 16.8 Å². The minimum Gasteiger partial charge on any atom is -0.332 e. The molecule has 1 amide bonds. The predicted octanol–water partition coefficient (Wildman–Crippen LogP) is 2.06. The van der Waals surface area contributed by atoms with E-state index in [1.54, 1.807) is 0 Å². The molecule has 2 fully saturated rings. The molecule has 2 aliphatic heterocycles. The minimum atomic E-state index is -0.0280. The molecule has 0 aromatic heterocycles. The predicted molar refractivity (Wildman–Crippen MR) is 78.4 cm³/mol. The molecule has 1 aromatic rings. The summed E-state index contributed by atoms with van der Waals surface area (Å²) in [6.07, 6.45) is 5.34. The Kier molecular flexibility index (Phi) is 2.84. The Bertz CT molecular complexity index is 530. The van der Waals surface area contributed by atoms with Gasteiger partial charge in [-0.25, -0.2) is 0 Å². The SMILES string of the molecule is O=C(C1CC1)N1CCc2ccccc2C12CCNCC2. The molecule has 1 aliphatic carbocycles. The first-order valence-corrected chi connectivity index (χ1v) is 7.92. The van der Waals surface area contributed by atoms with Crippen LogP contribution in [0.4, 0.5) is 0 Å². The van der Waals surface area contributed by atoms with Gasteiger partial charge in [-0.1, -0.05) is 24.3 Å². The number of hydrogen-bond donors (Lipinski definition) is 1. The summed E-state index contributed by atoms with van der Waals surface area (Å²) in [5, 5.41) is 3.45. The van der Waals surface area contributed by atoms with Crippen LogP contribution in [0, 0.1) is 5.92 Å². The van der Waals surface area contributed by atoms with E-state index in [1.807, 2.05) is 0 Å². The molecule has 3 nitrogen and oxygen atoms in total. The second kappa shape index (κ2) is 4.59. The van der Waals surface area contributed by atoms with Gasteiger partial charge in [-0.05, 0) is 56.3 Å². The molecule has 1 saturated carbocycles. The molecular weight excluding hydrogens is 248 g/mol. The van der Waals surface area contributed by atoms with Gasteiger partial charge in [0.25, 0.3) is 0 Å². The summed E-state index contributed by atoms with van der Waals surface area (Å²) in [6, 6.07) is 8.77. The molecule has 1 spiro atoms. The van der Waals surface area contributed by atoms with Crippen LogP contribution in [0.1, 0.15) is 36.8 Å². The molecule has 20 heavy (non-hydrogen) atoms. The van der Waals surface area contributed by atoms with E-state index >= 15 is 0 Å². The van der Waals surface area contributed by atoms with Crippen LogP contribution in [0.3, 0.4) is 0 Å². The molecule has 3 aliphatic rings. The Hall–Kier alpha value is -1.35. The minimum absolute atomic E-state index is 0.0280. The third-order valence-electron chi connectivity index (χ3n) is 5.26. The highest BCUT2D eigenvalue weighted by atomic mass is 16.2. The van der Waals surface area contributed by atoms with E-state index in [0.29, 0.717) is 11.8 Å². The second-order valence-electron chi connectivity index (χ2n) is 6.45. The van der Waals surface area contributed by atoms with E-state index in [9.17, 15) is 4.79 Å². The van der Waals surface area contributed by atoms with Crippen molar-refractivity contribution in [2.75, 3.05) is 19.6 Å². The van der Waals surface area contributed by atoms with Crippen LogP contribution in [-0.4, -0.2) is 30.4 Å². The number of fused-ring (bicyclic) bond motifs is 2. The summed E-state index contributed by atoms with van der Waals surface area (Å²) in [4.78, 5) is 15.0. The first-order valence-electron chi connectivity index (χ1n) is 7.92. The van der Waals surface area contributed by atoms with Crippen molar-refractivity contribution in [3.8, 4) is 0 Å². The number of amides is 1. The van der Waals surface area contributed by atoms with Crippen molar-refractivity contribution in [2.24, 2.45) is 5.92 Å². The summed E-state index contributed by atoms with van der Waals surface area (Å²) in [5.41, 5.74) is 2.84. The van der Waals surface area contributed by atoms with E-state index in [2.05, 4.69) is 34.5 Å². The molecule has 3 heteroatoms. The lowest BCUT2D eigenvalue weighted by Crippen LogP contribution is -2.58. The number of benzene rings is 1. The zero-order valence-corrected chi connectivity index (χ0v) is 11.9. The molecule has 1 N–H and O–H groups in total. The Morgan fingerprint density at radius 1 is 1.20 bits per heavy atom. The van der Waals surface area contributed by atoms with Gasteiger partial charge in [-0.15, -0.1) is 0 Å². The van der Waals surface area contributed by atoms with E-state index in [4.69, 9.17) is 0 Å².